The summed E-state index contributed by atoms with van der Waals surface area (Å²) in [5, 5.41) is 3.84. The molecule has 1 fully saturated rings. The molecule has 0 aromatic heterocycles. The number of carbonyl (C=O) groups excluding carboxylic acids is 1. The van der Waals surface area contributed by atoms with Gasteiger partial charge in [0.1, 0.15) is 0 Å². The maximum absolute atomic E-state index is 12.3. The normalized spacial score (nSPS) is 20.4. The second-order valence-corrected chi connectivity index (χ2v) is 5.56. The summed E-state index contributed by atoms with van der Waals surface area (Å²) in [6.45, 7) is 4.47. The van der Waals surface area contributed by atoms with Gasteiger partial charge in [-0.3, -0.25) is 4.79 Å². The highest BCUT2D eigenvalue weighted by Gasteiger charge is 2.24. The van der Waals surface area contributed by atoms with Crippen LogP contribution in [0.5, 0.6) is 0 Å². The highest BCUT2D eigenvalue weighted by atomic mass is 79.9. The minimum Gasteiger partial charge on any atom is -0.333 e. The molecule has 0 bridgehead atoms. The maximum Gasteiger partial charge on any atom is 0.254 e. The van der Waals surface area contributed by atoms with Gasteiger partial charge in [-0.25, -0.2) is 0 Å². The third kappa shape index (κ3) is 3.00. The van der Waals surface area contributed by atoms with Crippen LogP contribution in [-0.2, 0) is 0 Å². The number of nitrogens with one attached hydrogen (secondary N) is 1. The number of carbonyl (C=O) groups is 1. The van der Waals surface area contributed by atoms with E-state index in [4.69, 9.17) is 11.6 Å². The summed E-state index contributed by atoms with van der Waals surface area (Å²) in [6.07, 6.45) is 0. The van der Waals surface area contributed by atoms with E-state index in [2.05, 4.69) is 21.2 Å². The molecule has 5 heteroatoms. The Labute approximate surface area is 114 Å². The van der Waals surface area contributed by atoms with Gasteiger partial charge in [-0.15, -0.1) is 0 Å². The van der Waals surface area contributed by atoms with E-state index in [-0.39, 0.29) is 11.9 Å². The van der Waals surface area contributed by atoms with E-state index in [1.54, 1.807) is 12.1 Å². The molecule has 1 atom stereocenters. The minimum absolute atomic E-state index is 0.0437. The van der Waals surface area contributed by atoms with Crippen molar-refractivity contribution in [3.63, 3.8) is 0 Å². The molecule has 0 unspecified atom stereocenters. The number of amides is 1. The van der Waals surface area contributed by atoms with Crippen molar-refractivity contribution in [2.24, 2.45) is 0 Å². The van der Waals surface area contributed by atoms with Crippen molar-refractivity contribution in [1.82, 2.24) is 10.2 Å². The van der Waals surface area contributed by atoms with Crippen molar-refractivity contribution >= 4 is 33.4 Å². The van der Waals surface area contributed by atoms with Gasteiger partial charge in [0, 0.05) is 40.7 Å². The van der Waals surface area contributed by atoms with Crippen molar-refractivity contribution in [2.45, 2.75) is 13.0 Å². The van der Waals surface area contributed by atoms with Gasteiger partial charge in [0.2, 0.25) is 0 Å². The van der Waals surface area contributed by atoms with Crippen LogP contribution in [0.2, 0.25) is 5.02 Å². The van der Waals surface area contributed by atoms with Gasteiger partial charge in [-0.1, -0.05) is 27.5 Å². The monoisotopic (exact) mass is 316 g/mol. The topological polar surface area (TPSA) is 32.3 Å². The Kier molecular flexibility index (Phi) is 4.07. The van der Waals surface area contributed by atoms with Crippen LogP contribution >= 0.6 is 27.5 Å². The largest absolute Gasteiger partial charge is 0.333 e. The molecule has 0 saturated carbocycles. The Balaban J connectivity index is 2.23. The van der Waals surface area contributed by atoms with Crippen LogP contribution in [0.4, 0.5) is 0 Å². The molecule has 1 aliphatic heterocycles. The van der Waals surface area contributed by atoms with E-state index in [1.165, 1.54) is 0 Å². The number of piperazine rings is 1. The van der Waals surface area contributed by atoms with Gasteiger partial charge >= 0.3 is 0 Å². The van der Waals surface area contributed by atoms with Gasteiger partial charge < -0.3 is 10.2 Å². The van der Waals surface area contributed by atoms with E-state index in [9.17, 15) is 4.79 Å². The quantitative estimate of drug-likeness (QED) is 0.863. The van der Waals surface area contributed by atoms with Crippen LogP contribution < -0.4 is 5.32 Å². The predicted molar refractivity (Wildman–Crippen MR) is 72.5 cm³/mol. The van der Waals surface area contributed by atoms with E-state index in [0.29, 0.717) is 10.6 Å². The van der Waals surface area contributed by atoms with E-state index >= 15 is 0 Å². The smallest absolute Gasteiger partial charge is 0.254 e. The highest BCUT2D eigenvalue weighted by molar-refractivity contribution is 9.10. The highest BCUT2D eigenvalue weighted by Crippen LogP contribution is 2.21. The molecule has 2 rings (SSSR count). The second-order valence-electron chi connectivity index (χ2n) is 4.21. The summed E-state index contributed by atoms with van der Waals surface area (Å²) in [7, 11) is 0. The molecule has 0 radical (unpaired) electrons. The first-order chi connectivity index (χ1) is 8.08. The third-order valence-electron chi connectivity index (χ3n) is 2.87. The Morgan fingerprint density at radius 3 is 2.94 bits per heavy atom. The fourth-order valence-electron chi connectivity index (χ4n) is 1.99. The van der Waals surface area contributed by atoms with Crippen molar-refractivity contribution in [1.29, 1.82) is 0 Å². The fraction of sp³-hybridized carbons (Fsp3) is 0.417. The van der Waals surface area contributed by atoms with Crippen molar-refractivity contribution in [3.8, 4) is 0 Å². The first kappa shape index (κ1) is 12.9. The van der Waals surface area contributed by atoms with Crippen molar-refractivity contribution in [3.05, 3.63) is 33.3 Å². The summed E-state index contributed by atoms with van der Waals surface area (Å²) in [5.74, 6) is 0.0437. The third-order valence-corrected chi connectivity index (χ3v) is 3.55. The Bertz CT molecular complexity index is 418. The molecule has 1 heterocycles. The number of hydrogen-bond acceptors (Lipinski definition) is 2. The number of hydrogen-bond donors (Lipinski definition) is 1. The van der Waals surface area contributed by atoms with Crippen LogP contribution in [-0.4, -0.2) is 36.5 Å². The van der Waals surface area contributed by atoms with Crippen LogP contribution in [0.1, 0.15) is 17.3 Å². The molecule has 1 aromatic carbocycles. The lowest BCUT2D eigenvalue weighted by atomic mass is 10.1. The molecule has 1 aromatic rings. The summed E-state index contributed by atoms with van der Waals surface area (Å²) >= 11 is 9.31. The fourth-order valence-corrected chi connectivity index (χ4v) is 2.85. The van der Waals surface area contributed by atoms with E-state index in [1.807, 2.05) is 17.9 Å². The van der Waals surface area contributed by atoms with Crippen LogP contribution in [0.25, 0.3) is 0 Å². The number of halogens is 2. The molecule has 0 spiro atoms. The lowest BCUT2D eigenvalue weighted by Crippen LogP contribution is -2.52. The summed E-state index contributed by atoms with van der Waals surface area (Å²) in [6, 6.07) is 5.51. The lowest BCUT2D eigenvalue weighted by molar-refractivity contribution is 0.0655. The Morgan fingerprint density at radius 1 is 1.53 bits per heavy atom. The molecule has 17 heavy (non-hydrogen) atoms. The molecule has 1 aliphatic rings. The average Bonchev–Trinajstić information content (AvgIpc) is 2.27. The van der Waals surface area contributed by atoms with Gasteiger partial charge in [0.25, 0.3) is 5.91 Å². The van der Waals surface area contributed by atoms with Gasteiger partial charge in [-0.2, -0.15) is 0 Å². The first-order valence-electron chi connectivity index (χ1n) is 5.55. The molecule has 1 amide bonds. The van der Waals surface area contributed by atoms with Crippen molar-refractivity contribution in [2.75, 3.05) is 19.6 Å². The molecular formula is C12H14BrClN2O. The van der Waals surface area contributed by atoms with Crippen LogP contribution in [0.3, 0.4) is 0 Å². The summed E-state index contributed by atoms with van der Waals surface area (Å²) < 4.78 is 0.830. The molecular weight excluding hydrogens is 304 g/mol. The zero-order valence-electron chi connectivity index (χ0n) is 9.54. The second kappa shape index (κ2) is 5.38. The Morgan fingerprint density at radius 2 is 2.29 bits per heavy atom. The van der Waals surface area contributed by atoms with E-state index < -0.39 is 0 Å². The minimum atomic E-state index is 0.0437. The molecule has 1 saturated heterocycles. The summed E-state index contributed by atoms with van der Waals surface area (Å²) in [5.41, 5.74) is 0.637. The zero-order valence-corrected chi connectivity index (χ0v) is 11.9. The van der Waals surface area contributed by atoms with Crippen LogP contribution in [0, 0.1) is 0 Å². The van der Waals surface area contributed by atoms with Gasteiger partial charge in [-0.05, 0) is 25.1 Å². The van der Waals surface area contributed by atoms with Crippen molar-refractivity contribution < 1.29 is 4.79 Å². The average molecular weight is 318 g/mol. The zero-order chi connectivity index (χ0) is 12.4. The van der Waals surface area contributed by atoms with Gasteiger partial charge in [0.05, 0.1) is 0 Å². The number of nitrogens with zero attached hydrogens (tertiary/aromatic N) is 1. The number of benzene rings is 1. The standard InChI is InChI=1S/C12H14BrClN2O/c1-8-7-15-2-3-16(8)12(17)9-4-10(13)6-11(14)5-9/h4-6,8,15H,2-3,7H2,1H3/t8-/m1/s1. The molecule has 1 N–H and O–H groups in total. The molecule has 0 aliphatic carbocycles. The lowest BCUT2D eigenvalue weighted by Gasteiger charge is -2.34. The molecule has 92 valence electrons. The predicted octanol–water partition coefficient (Wildman–Crippen LogP) is 2.54. The maximum atomic E-state index is 12.3. The first-order valence-corrected chi connectivity index (χ1v) is 6.73. The summed E-state index contributed by atoms with van der Waals surface area (Å²) in [4.78, 5) is 14.2. The van der Waals surface area contributed by atoms with Crippen LogP contribution in [0.15, 0.2) is 22.7 Å². The number of rotatable bonds is 1. The van der Waals surface area contributed by atoms with E-state index in [0.717, 1.165) is 24.1 Å². The van der Waals surface area contributed by atoms with Gasteiger partial charge in [0.15, 0.2) is 0 Å². The Hall–Kier alpha value is -0.580. The SMILES string of the molecule is C[C@@H]1CNCCN1C(=O)c1cc(Cl)cc(Br)c1. The molecule has 3 nitrogen and oxygen atoms in total.